The standard InChI is InChI=1S/C14H14N6O2/c1-8-16-10(7-13(21)17-8)4-5-15-14(22)9-2-3-11-12(6-9)19-20-18-11/h2-3,6-7H,4-5H2,1H3,(H,15,22)(H,16,17,21)(H,18,19,20). The number of hydrogen-bond donors (Lipinski definition) is 3. The Bertz CT molecular complexity index is 882. The number of nitrogens with one attached hydrogen (secondary N) is 3. The molecule has 8 nitrogen and oxygen atoms in total. The molecule has 0 atom stereocenters. The fourth-order valence-corrected chi connectivity index (χ4v) is 2.16. The average molecular weight is 298 g/mol. The van der Waals surface area contributed by atoms with Gasteiger partial charge in [0.15, 0.2) is 0 Å². The predicted octanol–water partition coefficient (Wildman–Crippen LogP) is 0.322. The Morgan fingerprint density at radius 1 is 1.23 bits per heavy atom. The van der Waals surface area contributed by atoms with Gasteiger partial charge in [-0.3, -0.25) is 9.59 Å². The summed E-state index contributed by atoms with van der Waals surface area (Å²) < 4.78 is 0. The molecule has 0 spiro atoms. The van der Waals surface area contributed by atoms with Crippen LogP contribution >= 0.6 is 0 Å². The van der Waals surface area contributed by atoms with Gasteiger partial charge in [0.1, 0.15) is 16.9 Å². The van der Waals surface area contributed by atoms with E-state index in [9.17, 15) is 9.59 Å². The molecular formula is C14H14N6O2. The van der Waals surface area contributed by atoms with Gasteiger partial charge >= 0.3 is 0 Å². The highest BCUT2D eigenvalue weighted by molar-refractivity contribution is 5.97. The summed E-state index contributed by atoms with van der Waals surface area (Å²) >= 11 is 0. The number of aryl methyl sites for hydroxylation is 1. The Kier molecular flexibility index (Phi) is 3.65. The lowest BCUT2D eigenvalue weighted by atomic mass is 10.2. The minimum absolute atomic E-state index is 0.190. The van der Waals surface area contributed by atoms with Gasteiger partial charge in [-0.1, -0.05) is 0 Å². The maximum Gasteiger partial charge on any atom is 0.251 e. The van der Waals surface area contributed by atoms with Crippen molar-refractivity contribution >= 4 is 16.9 Å². The Balaban J connectivity index is 1.63. The largest absolute Gasteiger partial charge is 0.352 e. The van der Waals surface area contributed by atoms with Gasteiger partial charge in [0.05, 0.1) is 0 Å². The van der Waals surface area contributed by atoms with E-state index in [1.807, 2.05) is 0 Å². The molecule has 1 amide bonds. The molecule has 0 fully saturated rings. The van der Waals surface area contributed by atoms with Crippen molar-refractivity contribution < 1.29 is 4.79 Å². The molecule has 0 unspecified atom stereocenters. The van der Waals surface area contributed by atoms with Crippen molar-refractivity contribution in [3.05, 3.63) is 51.7 Å². The van der Waals surface area contributed by atoms with E-state index in [1.165, 1.54) is 6.07 Å². The molecule has 0 bridgehead atoms. The van der Waals surface area contributed by atoms with Crippen LogP contribution < -0.4 is 10.9 Å². The van der Waals surface area contributed by atoms with Crippen molar-refractivity contribution in [2.75, 3.05) is 6.54 Å². The molecule has 0 aliphatic rings. The number of aromatic nitrogens is 5. The molecule has 1 aromatic carbocycles. The monoisotopic (exact) mass is 298 g/mol. The lowest BCUT2D eigenvalue weighted by molar-refractivity contribution is 0.0954. The molecular weight excluding hydrogens is 284 g/mol. The van der Waals surface area contributed by atoms with E-state index < -0.39 is 0 Å². The van der Waals surface area contributed by atoms with E-state index in [-0.39, 0.29) is 11.5 Å². The van der Waals surface area contributed by atoms with Crippen LogP contribution in [-0.2, 0) is 6.42 Å². The van der Waals surface area contributed by atoms with Crippen LogP contribution in [0.4, 0.5) is 0 Å². The van der Waals surface area contributed by atoms with Crippen LogP contribution in [0.3, 0.4) is 0 Å². The van der Waals surface area contributed by atoms with Gasteiger partial charge in [-0.15, -0.1) is 0 Å². The molecule has 0 radical (unpaired) electrons. The lowest BCUT2D eigenvalue weighted by Gasteiger charge is -2.05. The first-order valence-corrected chi connectivity index (χ1v) is 6.77. The van der Waals surface area contributed by atoms with Gasteiger partial charge in [0.2, 0.25) is 0 Å². The number of H-pyrrole nitrogens is 2. The van der Waals surface area contributed by atoms with Crippen LogP contribution in [0.1, 0.15) is 21.9 Å². The molecule has 22 heavy (non-hydrogen) atoms. The van der Waals surface area contributed by atoms with Gasteiger partial charge in [0.25, 0.3) is 11.5 Å². The summed E-state index contributed by atoms with van der Waals surface area (Å²) in [5, 5.41) is 13.2. The zero-order valence-corrected chi connectivity index (χ0v) is 11.9. The minimum atomic E-state index is -0.202. The highest BCUT2D eigenvalue weighted by atomic mass is 16.1. The Labute approximate surface area is 125 Å². The number of amides is 1. The first-order valence-electron chi connectivity index (χ1n) is 6.77. The number of aromatic amines is 2. The number of carbonyl (C=O) groups is 1. The van der Waals surface area contributed by atoms with E-state index in [4.69, 9.17) is 0 Å². The Morgan fingerprint density at radius 2 is 2.05 bits per heavy atom. The van der Waals surface area contributed by atoms with E-state index in [0.717, 1.165) is 0 Å². The number of carbonyl (C=O) groups excluding carboxylic acids is 1. The first-order chi connectivity index (χ1) is 10.6. The average Bonchev–Trinajstić information content (AvgIpc) is 2.93. The van der Waals surface area contributed by atoms with Crippen LogP contribution in [0, 0.1) is 6.92 Å². The van der Waals surface area contributed by atoms with Crippen molar-refractivity contribution in [2.45, 2.75) is 13.3 Å². The van der Waals surface area contributed by atoms with Crippen LogP contribution in [-0.4, -0.2) is 37.8 Å². The summed E-state index contributed by atoms with van der Waals surface area (Å²) in [6.45, 7) is 2.11. The first kappa shape index (κ1) is 13.9. The summed E-state index contributed by atoms with van der Waals surface area (Å²) in [7, 11) is 0. The van der Waals surface area contributed by atoms with Crippen molar-refractivity contribution in [1.29, 1.82) is 0 Å². The number of benzene rings is 1. The second-order valence-electron chi connectivity index (χ2n) is 4.86. The summed E-state index contributed by atoms with van der Waals surface area (Å²) in [4.78, 5) is 30.2. The molecule has 2 aromatic heterocycles. The number of fused-ring (bicyclic) bond motifs is 1. The van der Waals surface area contributed by atoms with Crippen LogP contribution in [0.25, 0.3) is 11.0 Å². The normalized spacial score (nSPS) is 10.8. The third-order valence-corrected chi connectivity index (χ3v) is 3.16. The SMILES string of the molecule is Cc1nc(CCNC(=O)c2ccc3n[nH]nc3c2)cc(=O)[nH]1. The summed E-state index contributed by atoms with van der Waals surface area (Å²) in [5.74, 6) is 0.358. The van der Waals surface area contributed by atoms with Gasteiger partial charge in [-0.05, 0) is 25.1 Å². The molecule has 112 valence electrons. The van der Waals surface area contributed by atoms with Gasteiger partial charge in [0, 0.05) is 30.3 Å². The van der Waals surface area contributed by atoms with Crippen molar-refractivity contribution in [2.24, 2.45) is 0 Å². The number of rotatable bonds is 4. The minimum Gasteiger partial charge on any atom is -0.352 e. The molecule has 0 saturated carbocycles. The van der Waals surface area contributed by atoms with Gasteiger partial charge in [-0.2, -0.15) is 15.4 Å². The van der Waals surface area contributed by atoms with E-state index in [2.05, 4.69) is 30.7 Å². The van der Waals surface area contributed by atoms with Crippen molar-refractivity contribution in [1.82, 2.24) is 30.7 Å². The number of hydrogen-bond acceptors (Lipinski definition) is 5. The van der Waals surface area contributed by atoms with Crippen LogP contribution in [0.5, 0.6) is 0 Å². The molecule has 8 heteroatoms. The highest BCUT2D eigenvalue weighted by Crippen LogP contribution is 2.10. The second-order valence-corrected chi connectivity index (χ2v) is 4.86. The van der Waals surface area contributed by atoms with Crippen LogP contribution in [0.15, 0.2) is 29.1 Å². The predicted molar refractivity (Wildman–Crippen MR) is 79.5 cm³/mol. The zero-order chi connectivity index (χ0) is 15.5. The third kappa shape index (κ3) is 3.00. The van der Waals surface area contributed by atoms with E-state index in [1.54, 1.807) is 25.1 Å². The molecule has 3 aromatic rings. The van der Waals surface area contributed by atoms with E-state index >= 15 is 0 Å². The molecule has 3 N–H and O–H groups in total. The van der Waals surface area contributed by atoms with E-state index in [0.29, 0.717) is 41.1 Å². The quantitative estimate of drug-likeness (QED) is 0.641. The fourth-order valence-electron chi connectivity index (χ4n) is 2.16. The molecule has 0 aliphatic heterocycles. The molecule has 2 heterocycles. The number of nitrogens with zero attached hydrogens (tertiary/aromatic N) is 3. The smallest absolute Gasteiger partial charge is 0.251 e. The summed E-state index contributed by atoms with van der Waals surface area (Å²) in [6, 6.07) is 6.52. The molecule has 0 saturated heterocycles. The second kappa shape index (κ2) is 5.76. The maximum atomic E-state index is 12.1. The topological polar surface area (TPSA) is 116 Å². The van der Waals surface area contributed by atoms with Gasteiger partial charge < -0.3 is 10.3 Å². The Morgan fingerprint density at radius 3 is 2.86 bits per heavy atom. The summed E-state index contributed by atoms with van der Waals surface area (Å²) in [5.41, 5.74) is 2.31. The zero-order valence-electron chi connectivity index (χ0n) is 11.9. The molecule has 0 aliphatic carbocycles. The summed E-state index contributed by atoms with van der Waals surface area (Å²) in [6.07, 6.45) is 0.489. The lowest BCUT2D eigenvalue weighted by Crippen LogP contribution is -2.26. The Hall–Kier alpha value is -3.03. The fraction of sp³-hybridized carbons (Fsp3) is 0.214. The van der Waals surface area contributed by atoms with Gasteiger partial charge in [-0.25, -0.2) is 4.98 Å². The third-order valence-electron chi connectivity index (χ3n) is 3.16. The maximum absolute atomic E-state index is 12.1. The molecule has 3 rings (SSSR count). The highest BCUT2D eigenvalue weighted by Gasteiger charge is 2.08. The van der Waals surface area contributed by atoms with Crippen molar-refractivity contribution in [3.8, 4) is 0 Å². The van der Waals surface area contributed by atoms with Crippen molar-refractivity contribution in [3.63, 3.8) is 0 Å². The van der Waals surface area contributed by atoms with Crippen LogP contribution in [0.2, 0.25) is 0 Å².